The van der Waals surface area contributed by atoms with Gasteiger partial charge in [0.2, 0.25) is 0 Å². The fourth-order valence-electron chi connectivity index (χ4n) is 2.47. The predicted molar refractivity (Wildman–Crippen MR) is 108 cm³/mol. The Morgan fingerprint density at radius 1 is 1.04 bits per heavy atom. The lowest BCUT2D eigenvalue weighted by Gasteiger charge is -2.07. The summed E-state index contributed by atoms with van der Waals surface area (Å²) in [7, 11) is 0. The number of hydrogen-bond donors (Lipinski definition) is 1. The highest BCUT2D eigenvalue weighted by molar-refractivity contribution is 7.99. The lowest BCUT2D eigenvalue weighted by Crippen LogP contribution is -2.30. The molecular formula is C21H19NO5S. The molecule has 0 saturated carbocycles. The van der Waals surface area contributed by atoms with Crippen LogP contribution in [-0.4, -0.2) is 30.8 Å². The monoisotopic (exact) mass is 397 g/mol. The van der Waals surface area contributed by atoms with Crippen LogP contribution in [0.4, 0.5) is 0 Å². The number of carbonyl (C=O) groups is 2. The minimum atomic E-state index is -0.880. The van der Waals surface area contributed by atoms with E-state index in [9.17, 15) is 14.4 Å². The van der Waals surface area contributed by atoms with Crippen LogP contribution < -0.4 is 10.9 Å². The molecule has 28 heavy (non-hydrogen) atoms. The predicted octanol–water partition coefficient (Wildman–Crippen LogP) is 3.25. The summed E-state index contributed by atoms with van der Waals surface area (Å²) in [5.74, 6) is -0.431. The largest absolute Gasteiger partial charge is 0.452 e. The SMILES string of the molecule is O=C(COC(=O)c1cc2ccccc2oc1=O)NCCCSc1ccccc1. The molecule has 3 aromatic rings. The van der Waals surface area contributed by atoms with E-state index in [1.807, 2.05) is 30.3 Å². The molecule has 0 spiro atoms. The van der Waals surface area contributed by atoms with Gasteiger partial charge in [-0.15, -0.1) is 11.8 Å². The Morgan fingerprint density at radius 3 is 2.61 bits per heavy atom. The molecule has 6 nitrogen and oxygen atoms in total. The molecule has 1 heterocycles. The van der Waals surface area contributed by atoms with Crippen LogP contribution in [0.5, 0.6) is 0 Å². The van der Waals surface area contributed by atoms with Crippen LogP contribution in [0, 0.1) is 0 Å². The maximum Gasteiger partial charge on any atom is 0.351 e. The molecule has 0 radical (unpaired) electrons. The summed E-state index contributed by atoms with van der Waals surface area (Å²) in [6.07, 6.45) is 0.785. The van der Waals surface area contributed by atoms with Crippen molar-refractivity contribution in [3.8, 4) is 0 Å². The molecule has 1 N–H and O–H groups in total. The highest BCUT2D eigenvalue weighted by atomic mass is 32.2. The Kier molecular flexibility index (Phi) is 6.86. The molecule has 7 heteroatoms. The highest BCUT2D eigenvalue weighted by Gasteiger charge is 2.16. The summed E-state index contributed by atoms with van der Waals surface area (Å²) in [5.41, 5.74) is -0.636. The van der Waals surface area contributed by atoms with Crippen LogP contribution in [0.2, 0.25) is 0 Å². The second-order valence-electron chi connectivity index (χ2n) is 5.93. The van der Waals surface area contributed by atoms with Gasteiger partial charge in [-0.1, -0.05) is 36.4 Å². The van der Waals surface area contributed by atoms with Crippen molar-refractivity contribution in [2.24, 2.45) is 0 Å². The summed E-state index contributed by atoms with van der Waals surface area (Å²) in [4.78, 5) is 37.0. The molecule has 0 aliphatic heterocycles. The third-order valence-electron chi connectivity index (χ3n) is 3.85. The normalized spacial score (nSPS) is 10.6. The number of nitrogens with one attached hydrogen (secondary N) is 1. The molecule has 0 aliphatic rings. The van der Waals surface area contributed by atoms with E-state index in [0.717, 1.165) is 12.2 Å². The van der Waals surface area contributed by atoms with Crippen molar-refractivity contribution in [1.29, 1.82) is 0 Å². The van der Waals surface area contributed by atoms with Crippen LogP contribution in [0.3, 0.4) is 0 Å². The van der Waals surface area contributed by atoms with E-state index in [-0.39, 0.29) is 5.56 Å². The summed E-state index contributed by atoms with van der Waals surface area (Å²) >= 11 is 1.71. The van der Waals surface area contributed by atoms with Gasteiger partial charge in [-0.3, -0.25) is 4.79 Å². The third-order valence-corrected chi connectivity index (χ3v) is 4.95. The van der Waals surface area contributed by atoms with Gasteiger partial charge in [-0.25, -0.2) is 9.59 Å². The molecule has 3 rings (SSSR count). The van der Waals surface area contributed by atoms with E-state index in [4.69, 9.17) is 9.15 Å². The Bertz CT molecular complexity index is 1020. The second kappa shape index (κ2) is 9.75. The maximum absolute atomic E-state index is 12.1. The molecule has 0 bridgehead atoms. The first kappa shape index (κ1) is 19.7. The van der Waals surface area contributed by atoms with E-state index in [2.05, 4.69) is 5.32 Å². The molecule has 0 unspecified atom stereocenters. The number of carbonyl (C=O) groups excluding carboxylic acids is 2. The molecule has 1 amide bonds. The molecule has 144 valence electrons. The van der Waals surface area contributed by atoms with Crippen molar-refractivity contribution in [3.63, 3.8) is 0 Å². The first-order valence-electron chi connectivity index (χ1n) is 8.78. The van der Waals surface area contributed by atoms with E-state index in [1.54, 1.807) is 36.0 Å². The van der Waals surface area contributed by atoms with Crippen molar-refractivity contribution in [2.75, 3.05) is 18.9 Å². The molecule has 0 aliphatic carbocycles. The zero-order valence-corrected chi connectivity index (χ0v) is 15.9. The Labute approximate surface area is 165 Å². The van der Waals surface area contributed by atoms with E-state index >= 15 is 0 Å². The summed E-state index contributed by atoms with van der Waals surface area (Å²) in [6, 6.07) is 18.2. The molecule has 2 aromatic carbocycles. The average molecular weight is 397 g/mol. The van der Waals surface area contributed by atoms with Crippen molar-refractivity contribution in [3.05, 3.63) is 76.6 Å². The van der Waals surface area contributed by atoms with Crippen LogP contribution in [-0.2, 0) is 9.53 Å². The van der Waals surface area contributed by atoms with Crippen LogP contribution >= 0.6 is 11.8 Å². The topological polar surface area (TPSA) is 85.6 Å². The number of para-hydroxylation sites is 1. The van der Waals surface area contributed by atoms with E-state index < -0.39 is 24.1 Å². The van der Waals surface area contributed by atoms with E-state index in [0.29, 0.717) is 17.5 Å². The fraction of sp³-hybridized carbons (Fsp3) is 0.190. The quantitative estimate of drug-likeness (QED) is 0.272. The number of rotatable bonds is 8. The average Bonchev–Trinajstić information content (AvgIpc) is 2.72. The number of ether oxygens (including phenoxy) is 1. The molecule has 0 saturated heterocycles. The zero-order valence-electron chi connectivity index (χ0n) is 15.1. The van der Waals surface area contributed by atoms with Gasteiger partial charge in [0.1, 0.15) is 11.1 Å². The van der Waals surface area contributed by atoms with Gasteiger partial charge in [0.15, 0.2) is 6.61 Å². The van der Waals surface area contributed by atoms with Gasteiger partial charge in [0, 0.05) is 16.8 Å². The summed E-state index contributed by atoms with van der Waals surface area (Å²) in [6.45, 7) is 0.0330. The smallest absolute Gasteiger partial charge is 0.351 e. The number of benzene rings is 2. The van der Waals surface area contributed by atoms with Crippen molar-refractivity contribution in [2.45, 2.75) is 11.3 Å². The van der Waals surface area contributed by atoms with Crippen LogP contribution in [0.25, 0.3) is 11.0 Å². The van der Waals surface area contributed by atoms with Crippen LogP contribution in [0.1, 0.15) is 16.8 Å². The number of esters is 1. The molecule has 0 atom stereocenters. The van der Waals surface area contributed by atoms with Gasteiger partial charge < -0.3 is 14.5 Å². The van der Waals surface area contributed by atoms with Crippen molar-refractivity contribution >= 4 is 34.6 Å². The van der Waals surface area contributed by atoms with Gasteiger partial charge in [-0.2, -0.15) is 0 Å². The first-order chi connectivity index (χ1) is 13.6. The number of hydrogen-bond acceptors (Lipinski definition) is 6. The lowest BCUT2D eigenvalue weighted by molar-refractivity contribution is -0.124. The molecule has 0 fully saturated rings. The number of thioether (sulfide) groups is 1. The molecule has 1 aromatic heterocycles. The standard InChI is InChI=1S/C21H19NO5S/c23-19(22-11-6-12-28-16-8-2-1-3-9-16)14-26-20(24)17-13-15-7-4-5-10-18(15)27-21(17)25/h1-5,7-10,13H,6,11-12,14H2,(H,22,23). The van der Waals surface area contributed by atoms with Crippen molar-refractivity contribution < 1.29 is 18.7 Å². The first-order valence-corrected chi connectivity index (χ1v) is 9.76. The van der Waals surface area contributed by atoms with Gasteiger partial charge >= 0.3 is 11.6 Å². The Hall–Kier alpha value is -3.06. The highest BCUT2D eigenvalue weighted by Crippen LogP contribution is 2.17. The number of fused-ring (bicyclic) bond motifs is 1. The lowest BCUT2D eigenvalue weighted by atomic mass is 10.2. The maximum atomic E-state index is 12.1. The summed E-state index contributed by atoms with van der Waals surface area (Å²) in [5, 5.41) is 3.29. The second-order valence-corrected chi connectivity index (χ2v) is 7.09. The molecular weight excluding hydrogens is 378 g/mol. The Balaban J connectivity index is 1.41. The zero-order chi connectivity index (χ0) is 19.8. The van der Waals surface area contributed by atoms with E-state index in [1.165, 1.54) is 11.0 Å². The van der Waals surface area contributed by atoms with Gasteiger partial charge in [0.25, 0.3) is 5.91 Å². The van der Waals surface area contributed by atoms with Gasteiger partial charge in [0.05, 0.1) is 0 Å². The number of amides is 1. The van der Waals surface area contributed by atoms with Crippen LogP contribution in [0.15, 0.2) is 74.8 Å². The van der Waals surface area contributed by atoms with Gasteiger partial charge in [-0.05, 0) is 36.4 Å². The summed E-state index contributed by atoms with van der Waals surface area (Å²) < 4.78 is 10.0. The minimum Gasteiger partial charge on any atom is -0.452 e. The third kappa shape index (κ3) is 5.47. The fourth-order valence-corrected chi connectivity index (χ4v) is 3.34. The minimum absolute atomic E-state index is 0.231. The Morgan fingerprint density at radius 2 is 1.79 bits per heavy atom. The van der Waals surface area contributed by atoms with Crippen molar-refractivity contribution in [1.82, 2.24) is 5.32 Å².